The third kappa shape index (κ3) is 4.64. The molecule has 27 heavy (non-hydrogen) atoms. The van der Waals surface area contributed by atoms with Crippen LogP contribution in [0.15, 0.2) is 77.3 Å². The fraction of sp³-hybridized carbons (Fsp3) is 0.217. The minimum Gasteiger partial charge on any atom is -0.328 e. The molecule has 1 heterocycles. The molecule has 2 aromatic carbocycles. The van der Waals surface area contributed by atoms with Crippen LogP contribution in [-0.2, 0) is 4.79 Å². The first-order valence-electron chi connectivity index (χ1n) is 9.07. The van der Waals surface area contributed by atoms with Gasteiger partial charge in [0, 0.05) is 12.1 Å². The number of amides is 1. The van der Waals surface area contributed by atoms with Gasteiger partial charge in [0.2, 0.25) is 0 Å². The molecule has 2 aromatic rings. The summed E-state index contributed by atoms with van der Waals surface area (Å²) >= 11 is 3.53. The highest BCUT2D eigenvalue weighted by molar-refractivity contribution is 9.11. The van der Waals surface area contributed by atoms with Crippen molar-refractivity contribution >= 4 is 33.2 Å². The van der Waals surface area contributed by atoms with E-state index in [-0.39, 0.29) is 17.7 Å². The molecule has 0 N–H and O–H groups in total. The van der Waals surface area contributed by atoms with E-state index in [1.54, 1.807) is 23.1 Å². The molecule has 3 nitrogen and oxygen atoms in total. The van der Waals surface area contributed by atoms with Gasteiger partial charge in [0.1, 0.15) is 0 Å². The summed E-state index contributed by atoms with van der Waals surface area (Å²) in [6, 6.07) is 18.7. The van der Waals surface area contributed by atoms with Crippen molar-refractivity contribution in [3.63, 3.8) is 0 Å². The van der Waals surface area contributed by atoms with Gasteiger partial charge in [0.15, 0.2) is 5.78 Å². The first kappa shape index (κ1) is 19.3. The van der Waals surface area contributed by atoms with E-state index in [1.165, 1.54) is 0 Å². The zero-order chi connectivity index (χ0) is 19.2. The molecule has 0 bridgehead atoms. The normalized spacial score (nSPS) is 17.9. The predicted molar refractivity (Wildman–Crippen MR) is 113 cm³/mol. The lowest BCUT2D eigenvalue weighted by atomic mass is 10.0. The summed E-state index contributed by atoms with van der Waals surface area (Å²) in [6.07, 6.45) is 5.00. The van der Waals surface area contributed by atoms with Gasteiger partial charge >= 0.3 is 0 Å². The molecular weight excluding hydrogens is 402 g/mol. The summed E-state index contributed by atoms with van der Waals surface area (Å²) in [7, 11) is 0. The van der Waals surface area contributed by atoms with Crippen LogP contribution in [0.2, 0.25) is 0 Å². The highest BCUT2D eigenvalue weighted by Gasteiger charge is 2.33. The summed E-state index contributed by atoms with van der Waals surface area (Å²) < 4.78 is 0.960. The number of rotatable bonds is 5. The summed E-state index contributed by atoms with van der Waals surface area (Å²) in [6.45, 7) is 2.58. The van der Waals surface area contributed by atoms with Gasteiger partial charge in [-0.05, 0) is 59.7 Å². The maximum Gasteiger partial charge on any atom is 0.254 e. The molecule has 0 aromatic heterocycles. The second-order valence-electron chi connectivity index (χ2n) is 6.57. The van der Waals surface area contributed by atoms with E-state index in [4.69, 9.17) is 0 Å². The smallest absolute Gasteiger partial charge is 0.254 e. The Hall–Kier alpha value is -2.46. The summed E-state index contributed by atoms with van der Waals surface area (Å²) in [5, 5.41) is 0. The van der Waals surface area contributed by atoms with Gasteiger partial charge < -0.3 is 4.90 Å². The molecule has 1 saturated heterocycles. The molecule has 1 fully saturated rings. The van der Waals surface area contributed by atoms with E-state index < -0.39 is 0 Å². The number of carbonyl (C=O) groups is 2. The Morgan fingerprint density at radius 2 is 1.56 bits per heavy atom. The van der Waals surface area contributed by atoms with Crippen molar-refractivity contribution in [1.29, 1.82) is 0 Å². The van der Waals surface area contributed by atoms with Gasteiger partial charge in [-0.1, -0.05) is 64.5 Å². The number of allylic oxidation sites excluding steroid dienone is 3. The average molecular weight is 424 g/mol. The van der Waals surface area contributed by atoms with Crippen LogP contribution in [-0.4, -0.2) is 29.2 Å². The molecule has 0 unspecified atom stereocenters. The zero-order valence-corrected chi connectivity index (χ0v) is 16.9. The number of likely N-dealkylation sites (tertiary alicyclic amines) is 1. The number of nitrogens with zero attached hydrogens (tertiary/aromatic N) is 1. The maximum atomic E-state index is 12.8. The zero-order valence-electron chi connectivity index (χ0n) is 15.3. The molecule has 1 aliphatic heterocycles. The first-order chi connectivity index (χ1) is 13.1. The quantitative estimate of drug-likeness (QED) is 0.486. The highest BCUT2D eigenvalue weighted by Crippen LogP contribution is 2.25. The molecule has 1 amide bonds. The van der Waals surface area contributed by atoms with E-state index in [0.717, 1.165) is 22.0 Å². The number of halogens is 1. The molecular formula is C23H22BrNO2. The molecule has 0 spiro atoms. The van der Waals surface area contributed by atoms with Gasteiger partial charge in [-0.15, -0.1) is 0 Å². The lowest BCUT2D eigenvalue weighted by Gasteiger charge is -2.22. The van der Waals surface area contributed by atoms with Crippen molar-refractivity contribution in [2.45, 2.75) is 25.8 Å². The Balaban J connectivity index is 1.77. The molecule has 1 atom stereocenters. The van der Waals surface area contributed by atoms with Crippen LogP contribution in [0, 0.1) is 0 Å². The SMILES string of the molecule is C/C(Br)=C(\C=C\C(=O)[C@@H]1CCCN1C(=O)c1ccccc1)c1ccccc1. The molecule has 0 radical (unpaired) electrons. The molecule has 4 heteroatoms. The number of ketones is 1. The van der Waals surface area contributed by atoms with Gasteiger partial charge in [-0.3, -0.25) is 9.59 Å². The second kappa shape index (κ2) is 8.96. The number of hydrogen-bond donors (Lipinski definition) is 0. The Kier molecular flexibility index (Phi) is 6.40. The Morgan fingerprint density at radius 3 is 2.15 bits per heavy atom. The van der Waals surface area contributed by atoms with Crippen LogP contribution in [0.3, 0.4) is 0 Å². The van der Waals surface area contributed by atoms with Crippen molar-refractivity contribution in [1.82, 2.24) is 4.90 Å². The third-order valence-electron chi connectivity index (χ3n) is 4.73. The van der Waals surface area contributed by atoms with Gasteiger partial charge in [-0.25, -0.2) is 0 Å². The van der Waals surface area contributed by atoms with Crippen molar-refractivity contribution in [2.75, 3.05) is 6.54 Å². The lowest BCUT2D eigenvalue weighted by Crippen LogP contribution is -2.39. The topological polar surface area (TPSA) is 37.4 Å². The lowest BCUT2D eigenvalue weighted by molar-refractivity contribution is -0.118. The van der Waals surface area contributed by atoms with E-state index >= 15 is 0 Å². The van der Waals surface area contributed by atoms with Gasteiger partial charge in [0.05, 0.1) is 6.04 Å². The molecule has 138 valence electrons. The summed E-state index contributed by atoms with van der Waals surface area (Å²) in [5.74, 6) is -0.102. The van der Waals surface area contributed by atoms with Crippen LogP contribution in [0.1, 0.15) is 35.7 Å². The van der Waals surface area contributed by atoms with Crippen LogP contribution >= 0.6 is 15.9 Å². The van der Waals surface area contributed by atoms with Crippen molar-refractivity contribution < 1.29 is 9.59 Å². The number of hydrogen-bond acceptors (Lipinski definition) is 2. The van der Waals surface area contributed by atoms with E-state index in [2.05, 4.69) is 15.9 Å². The van der Waals surface area contributed by atoms with Crippen molar-refractivity contribution in [3.8, 4) is 0 Å². The molecule has 0 saturated carbocycles. The van der Waals surface area contributed by atoms with Crippen LogP contribution in [0.5, 0.6) is 0 Å². The number of carbonyl (C=O) groups excluding carboxylic acids is 2. The average Bonchev–Trinajstić information content (AvgIpc) is 3.18. The number of benzene rings is 2. The van der Waals surface area contributed by atoms with E-state index in [1.807, 2.05) is 61.5 Å². The largest absolute Gasteiger partial charge is 0.328 e. The van der Waals surface area contributed by atoms with Crippen molar-refractivity contribution in [2.24, 2.45) is 0 Å². The monoisotopic (exact) mass is 423 g/mol. The third-order valence-corrected chi connectivity index (χ3v) is 5.16. The fourth-order valence-corrected chi connectivity index (χ4v) is 3.72. The van der Waals surface area contributed by atoms with Crippen LogP contribution in [0.25, 0.3) is 5.57 Å². The second-order valence-corrected chi connectivity index (χ2v) is 7.76. The van der Waals surface area contributed by atoms with Gasteiger partial charge in [-0.2, -0.15) is 0 Å². The van der Waals surface area contributed by atoms with Crippen LogP contribution in [0.4, 0.5) is 0 Å². The molecule has 1 aliphatic rings. The maximum absolute atomic E-state index is 12.8. The van der Waals surface area contributed by atoms with Gasteiger partial charge in [0.25, 0.3) is 5.91 Å². The Labute approximate surface area is 168 Å². The van der Waals surface area contributed by atoms with E-state index in [0.29, 0.717) is 18.5 Å². The molecule has 0 aliphatic carbocycles. The van der Waals surface area contributed by atoms with E-state index in [9.17, 15) is 9.59 Å². The minimum absolute atomic E-state index is 0.0287. The van der Waals surface area contributed by atoms with Crippen LogP contribution < -0.4 is 0 Å². The molecule has 3 rings (SSSR count). The summed E-state index contributed by atoms with van der Waals surface area (Å²) in [4.78, 5) is 27.3. The minimum atomic E-state index is -0.387. The predicted octanol–water partition coefficient (Wildman–Crippen LogP) is 5.24. The summed E-state index contributed by atoms with van der Waals surface area (Å²) in [5.41, 5.74) is 2.63. The Morgan fingerprint density at radius 1 is 0.963 bits per heavy atom. The Bertz CT molecular complexity index is 868. The standard InChI is InChI=1S/C23H22BrNO2/c1-17(24)20(18-9-4-2-5-10-18)14-15-22(26)21-13-8-16-25(21)23(27)19-11-6-3-7-12-19/h2-7,9-12,14-15,21H,8,13,16H2,1H3/b15-14+,20-17-/t21-/m0/s1. The van der Waals surface area contributed by atoms with Crippen molar-refractivity contribution in [3.05, 3.63) is 88.4 Å². The first-order valence-corrected chi connectivity index (χ1v) is 9.87. The highest BCUT2D eigenvalue weighted by atomic mass is 79.9. The fourth-order valence-electron chi connectivity index (χ4n) is 3.36.